The average molecular weight is 437 g/mol. The molecule has 0 aromatic rings. The van der Waals surface area contributed by atoms with E-state index in [1.165, 1.54) is 64.2 Å². The molecule has 172 valence electrons. The van der Waals surface area contributed by atoms with E-state index >= 15 is 0 Å². The van der Waals surface area contributed by atoms with Gasteiger partial charge >= 0.3 is 11.9 Å². The first-order valence-corrected chi connectivity index (χ1v) is 12.5. The minimum Gasteiger partial charge on any atom is -0.481 e. The molecular weight excluding hydrogens is 396 g/mol. The van der Waals surface area contributed by atoms with Crippen molar-refractivity contribution in [3.8, 4) is 0 Å². The predicted molar refractivity (Wildman–Crippen MR) is 114 cm³/mol. The fraction of sp³-hybridized carbons (Fsp3) is 0.905. The van der Waals surface area contributed by atoms with Crippen molar-refractivity contribution in [2.75, 3.05) is 0 Å². The second-order valence-electron chi connectivity index (χ2n) is 8.04. The zero-order valence-corrected chi connectivity index (χ0v) is 18.7. The summed E-state index contributed by atoms with van der Waals surface area (Å²) in [6.07, 6.45) is 15.2. The summed E-state index contributed by atoms with van der Waals surface area (Å²) in [6, 6.07) is 0. The van der Waals surface area contributed by atoms with E-state index in [1.807, 2.05) is 0 Å². The molecule has 0 spiro atoms. The molecule has 0 fully saturated rings. The lowest BCUT2D eigenvalue weighted by atomic mass is 9.96. The van der Waals surface area contributed by atoms with Gasteiger partial charge in [-0.05, 0) is 6.42 Å². The number of carboxylic acid groups (broad SMARTS) is 2. The fourth-order valence-electron chi connectivity index (χ4n) is 3.63. The van der Waals surface area contributed by atoms with Gasteiger partial charge in [-0.15, -0.1) is 0 Å². The van der Waals surface area contributed by atoms with Crippen molar-refractivity contribution >= 4 is 22.1 Å². The van der Waals surface area contributed by atoms with Crippen LogP contribution in [-0.2, 0) is 19.7 Å². The number of hydrogen-bond donors (Lipinski definition) is 3. The fourth-order valence-corrected chi connectivity index (χ4v) is 4.56. The Hall–Kier alpha value is -1.15. The maximum Gasteiger partial charge on any atom is 0.328 e. The Morgan fingerprint density at radius 2 is 1.03 bits per heavy atom. The molecule has 29 heavy (non-hydrogen) atoms. The highest BCUT2D eigenvalue weighted by Crippen LogP contribution is 2.29. The van der Waals surface area contributed by atoms with Crippen LogP contribution in [0.5, 0.6) is 0 Å². The zero-order chi connectivity index (χ0) is 22.2. The highest BCUT2D eigenvalue weighted by Gasteiger charge is 2.51. The number of aliphatic carboxylic acids is 2. The van der Waals surface area contributed by atoms with Crippen LogP contribution in [0.15, 0.2) is 0 Å². The maximum atomic E-state index is 11.5. The smallest absolute Gasteiger partial charge is 0.328 e. The number of unbranched alkanes of at least 4 members (excludes halogenated alkanes) is 14. The molecule has 7 nitrogen and oxygen atoms in total. The van der Waals surface area contributed by atoms with E-state index in [4.69, 9.17) is 5.11 Å². The van der Waals surface area contributed by atoms with Crippen molar-refractivity contribution in [2.45, 2.75) is 121 Å². The monoisotopic (exact) mass is 436 g/mol. The minimum absolute atomic E-state index is 0.247. The van der Waals surface area contributed by atoms with Crippen molar-refractivity contribution in [1.82, 2.24) is 0 Å². The standard InChI is InChI=1S/C21H40O7S/c1-2-3-4-5-6-7-8-9-10-11-12-13-14-15-16-17-21(20(24)25,18-19(22)23)29(26,27)28/h2-18H2,1H3,(H,22,23)(H,24,25)(H,26,27,28). The molecular formula is C21H40O7S. The minimum atomic E-state index is -5.02. The third-order valence-electron chi connectivity index (χ3n) is 5.50. The summed E-state index contributed by atoms with van der Waals surface area (Å²) in [4.78, 5) is 22.3. The molecule has 0 aliphatic heterocycles. The van der Waals surface area contributed by atoms with E-state index in [0.717, 1.165) is 19.3 Å². The van der Waals surface area contributed by atoms with E-state index in [0.29, 0.717) is 6.42 Å². The molecule has 0 saturated heterocycles. The molecule has 1 unspecified atom stereocenters. The summed E-state index contributed by atoms with van der Waals surface area (Å²) in [7, 11) is -5.02. The lowest BCUT2D eigenvalue weighted by molar-refractivity contribution is -0.147. The van der Waals surface area contributed by atoms with Crippen LogP contribution in [0.25, 0.3) is 0 Å². The Kier molecular flexibility index (Phi) is 15.0. The van der Waals surface area contributed by atoms with E-state index in [1.54, 1.807) is 0 Å². The molecule has 0 aliphatic carbocycles. The Labute approximate surface area is 176 Å². The van der Waals surface area contributed by atoms with Gasteiger partial charge in [0.2, 0.25) is 4.75 Å². The summed E-state index contributed by atoms with van der Waals surface area (Å²) in [5.41, 5.74) is 0. The average Bonchev–Trinajstić information content (AvgIpc) is 2.62. The normalized spacial score (nSPS) is 13.9. The predicted octanol–water partition coefficient (Wildman–Crippen LogP) is 5.43. The first kappa shape index (κ1) is 27.8. The lowest BCUT2D eigenvalue weighted by Crippen LogP contribution is -2.48. The molecule has 0 rings (SSSR count). The Morgan fingerprint density at radius 3 is 1.31 bits per heavy atom. The first-order valence-electron chi connectivity index (χ1n) is 11.1. The molecule has 0 saturated carbocycles. The van der Waals surface area contributed by atoms with Crippen LogP contribution >= 0.6 is 0 Å². The molecule has 0 aromatic carbocycles. The Balaban J connectivity index is 3.86. The van der Waals surface area contributed by atoms with E-state index in [-0.39, 0.29) is 6.42 Å². The highest BCUT2D eigenvalue weighted by molar-refractivity contribution is 7.88. The zero-order valence-electron chi connectivity index (χ0n) is 17.9. The van der Waals surface area contributed by atoms with Crippen molar-refractivity contribution < 1.29 is 32.8 Å². The second kappa shape index (κ2) is 15.7. The molecule has 0 aromatic heterocycles. The van der Waals surface area contributed by atoms with Gasteiger partial charge in [-0.3, -0.25) is 14.1 Å². The summed E-state index contributed by atoms with van der Waals surface area (Å²) in [6.45, 7) is 2.22. The molecule has 0 radical (unpaired) electrons. The van der Waals surface area contributed by atoms with Crippen LogP contribution in [-0.4, -0.2) is 39.9 Å². The number of carbonyl (C=O) groups is 2. The number of rotatable bonds is 20. The van der Waals surface area contributed by atoms with Crippen molar-refractivity contribution in [1.29, 1.82) is 0 Å². The number of carboxylic acids is 2. The van der Waals surface area contributed by atoms with Crippen LogP contribution < -0.4 is 0 Å². The Bertz CT molecular complexity index is 559. The van der Waals surface area contributed by atoms with Gasteiger partial charge in [0.15, 0.2) is 0 Å². The van der Waals surface area contributed by atoms with Gasteiger partial charge in [0.1, 0.15) is 0 Å². The van der Waals surface area contributed by atoms with E-state index in [9.17, 15) is 27.7 Å². The molecule has 8 heteroatoms. The van der Waals surface area contributed by atoms with E-state index < -0.39 is 39.6 Å². The van der Waals surface area contributed by atoms with Crippen LogP contribution in [0.2, 0.25) is 0 Å². The topological polar surface area (TPSA) is 129 Å². The maximum absolute atomic E-state index is 11.5. The summed E-state index contributed by atoms with van der Waals surface area (Å²) >= 11 is 0. The SMILES string of the molecule is CCCCCCCCCCCCCCCCCC(CC(=O)O)(C(=O)O)S(=O)(=O)O. The van der Waals surface area contributed by atoms with Gasteiger partial charge in [0.05, 0.1) is 6.42 Å². The summed E-state index contributed by atoms with van der Waals surface area (Å²) < 4.78 is 29.7. The third kappa shape index (κ3) is 12.2. The van der Waals surface area contributed by atoms with Crippen molar-refractivity contribution in [3.63, 3.8) is 0 Å². The van der Waals surface area contributed by atoms with Crippen molar-refractivity contribution in [2.24, 2.45) is 0 Å². The molecule has 0 heterocycles. The van der Waals surface area contributed by atoms with Crippen LogP contribution in [0, 0.1) is 0 Å². The highest BCUT2D eigenvalue weighted by atomic mass is 32.2. The van der Waals surface area contributed by atoms with Crippen LogP contribution in [0.3, 0.4) is 0 Å². The quantitative estimate of drug-likeness (QED) is 0.171. The first-order chi connectivity index (χ1) is 13.7. The van der Waals surface area contributed by atoms with Crippen molar-refractivity contribution in [3.05, 3.63) is 0 Å². The largest absolute Gasteiger partial charge is 0.481 e. The summed E-state index contributed by atoms with van der Waals surface area (Å²) in [5.74, 6) is -3.38. The van der Waals surface area contributed by atoms with Gasteiger partial charge in [0, 0.05) is 0 Å². The molecule has 0 bridgehead atoms. The van der Waals surface area contributed by atoms with Gasteiger partial charge in [-0.1, -0.05) is 103 Å². The van der Waals surface area contributed by atoms with Crippen LogP contribution in [0.1, 0.15) is 116 Å². The van der Waals surface area contributed by atoms with Gasteiger partial charge in [-0.25, -0.2) is 0 Å². The van der Waals surface area contributed by atoms with Crippen LogP contribution in [0.4, 0.5) is 0 Å². The van der Waals surface area contributed by atoms with Gasteiger partial charge < -0.3 is 10.2 Å². The molecule has 0 amide bonds. The third-order valence-corrected chi connectivity index (χ3v) is 7.02. The second-order valence-corrected chi connectivity index (χ2v) is 9.78. The Morgan fingerprint density at radius 1 is 0.690 bits per heavy atom. The summed E-state index contributed by atoms with van der Waals surface area (Å²) in [5, 5.41) is 18.1. The molecule has 1 atom stereocenters. The molecule has 3 N–H and O–H groups in total. The number of hydrogen-bond acceptors (Lipinski definition) is 4. The molecule has 0 aliphatic rings. The van der Waals surface area contributed by atoms with Gasteiger partial charge in [-0.2, -0.15) is 8.42 Å². The lowest BCUT2D eigenvalue weighted by Gasteiger charge is -2.24. The van der Waals surface area contributed by atoms with E-state index in [2.05, 4.69) is 6.92 Å². The van der Waals surface area contributed by atoms with Gasteiger partial charge in [0.25, 0.3) is 10.1 Å².